The maximum Gasteiger partial charge on any atom is 0.227 e. The number of carbonyl (C=O) groups is 1. The Morgan fingerprint density at radius 2 is 2.05 bits per heavy atom. The molecule has 0 fully saturated rings. The van der Waals surface area contributed by atoms with Gasteiger partial charge in [-0.2, -0.15) is 0 Å². The van der Waals surface area contributed by atoms with Crippen LogP contribution in [-0.2, 0) is 11.2 Å². The summed E-state index contributed by atoms with van der Waals surface area (Å²) in [5.41, 5.74) is -0.491. The van der Waals surface area contributed by atoms with Crippen LogP contribution in [0.5, 0.6) is 0 Å². The van der Waals surface area contributed by atoms with Crippen LogP contribution in [0.25, 0.3) is 0 Å². The van der Waals surface area contributed by atoms with Crippen molar-refractivity contribution in [3.8, 4) is 0 Å². The first kappa shape index (κ1) is 20.8. The Balaban J connectivity index is 0.00000441. The highest BCUT2D eigenvalue weighted by Gasteiger charge is 2.27. The van der Waals surface area contributed by atoms with Crippen molar-refractivity contribution in [2.75, 3.05) is 26.7 Å². The molecule has 0 atom stereocenters. The minimum Gasteiger partial charge on any atom is -0.469 e. The van der Waals surface area contributed by atoms with E-state index in [1.54, 1.807) is 13.3 Å². The van der Waals surface area contributed by atoms with Gasteiger partial charge in [-0.05, 0) is 32.9 Å². The molecule has 126 valence electrons. The Morgan fingerprint density at radius 1 is 1.32 bits per heavy atom. The summed E-state index contributed by atoms with van der Waals surface area (Å²) in [5.74, 6) is 1.64. The van der Waals surface area contributed by atoms with E-state index in [-0.39, 0.29) is 29.9 Å². The molecular formula is C15H27IN4O2. The van der Waals surface area contributed by atoms with E-state index in [0.29, 0.717) is 19.0 Å². The van der Waals surface area contributed by atoms with E-state index in [9.17, 15) is 4.79 Å². The Labute approximate surface area is 149 Å². The zero-order valence-corrected chi connectivity index (χ0v) is 16.1. The van der Waals surface area contributed by atoms with Crippen LogP contribution in [-0.4, -0.2) is 38.5 Å². The number of amides is 1. The quantitative estimate of drug-likeness (QED) is 0.356. The first-order chi connectivity index (χ1) is 9.99. The molecular weight excluding hydrogens is 395 g/mol. The van der Waals surface area contributed by atoms with Gasteiger partial charge in [-0.3, -0.25) is 9.79 Å². The van der Waals surface area contributed by atoms with Gasteiger partial charge in [0.1, 0.15) is 5.76 Å². The first-order valence-electron chi connectivity index (χ1n) is 7.24. The Morgan fingerprint density at radius 3 is 2.59 bits per heavy atom. The molecule has 6 nitrogen and oxygen atoms in total. The minimum atomic E-state index is -0.491. The molecule has 0 aliphatic heterocycles. The van der Waals surface area contributed by atoms with Gasteiger partial charge in [-0.1, -0.05) is 0 Å². The molecule has 1 aromatic heterocycles. The fourth-order valence-electron chi connectivity index (χ4n) is 1.76. The number of aliphatic imine (C=N–C) groups is 1. The molecule has 0 bridgehead atoms. The predicted molar refractivity (Wildman–Crippen MR) is 99.7 cm³/mol. The summed E-state index contributed by atoms with van der Waals surface area (Å²) in [4.78, 5) is 16.1. The van der Waals surface area contributed by atoms with Crippen LogP contribution in [0.2, 0.25) is 0 Å². The number of furan rings is 1. The lowest BCUT2D eigenvalue weighted by Gasteiger charge is -2.24. The molecule has 0 unspecified atom stereocenters. The van der Waals surface area contributed by atoms with Crippen molar-refractivity contribution in [2.24, 2.45) is 10.4 Å². The molecule has 1 amide bonds. The van der Waals surface area contributed by atoms with Gasteiger partial charge in [0.15, 0.2) is 5.96 Å². The predicted octanol–water partition coefficient (Wildman–Crippen LogP) is 1.77. The van der Waals surface area contributed by atoms with Crippen LogP contribution < -0.4 is 16.0 Å². The molecule has 0 aromatic carbocycles. The fraction of sp³-hybridized carbons (Fsp3) is 0.600. The molecule has 0 saturated heterocycles. The monoisotopic (exact) mass is 422 g/mol. The molecule has 1 rings (SSSR count). The average Bonchev–Trinajstić information content (AvgIpc) is 2.96. The summed E-state index contributed by atoms with van der Waals surface area (Å²) in [7, 11) is 1.71. The normalized spacial score (nSPS) is 11.5. The topological polar surface area (TPSA) is 78.7 Å². The van der Waals surface area contributed by atoms with Gasteiger partial charge in [0, 0.05) is 33.1 Å². The second kappa shape index (κ2) is 10.5. The van der Waals surface area contributed by atoms with Crippen molar-refractivity contribution >= 4 is 35.8 Å². The number of nitrogens with zero attached hydrogens (tertiary/aromatic N) is 1. The largest absolute Gasteiger partial charge is 0.469 e. The SMILES string of the molecule is CCNC(=O)C(C)(C)CNC(=NC)NCCc1ccco1.I. The summed E-state index contributed by atoms with van der Waals surface area (Å²) < 4.78 is 5.27. The first-order valence-corrected chi connectivity index (χ1v) is 7.24. The number of halogens is 1. The van der Waals surface area contributed by atoms with E-state index in [4.69, 9.17) is 4.42 Å². The Hall–Kier alpha value is -1.25. The summed E-state index contributed by atoms with van der Waals surface area (Å²) >= 11 is 0. The molecule has 3 N–H and O–H groups in total. The van der Waals surface area contributed by atoms with Crippen LogP contribution in [0, 0.1) is 5.41 Å². The highest BCUT2D eigenvalue weighted by molar-refractivity contribution is 14.0. The van der Waals surface area contributed by atoms with E-state index >= 15 is 0 Å². The number of hydrogen-bond acceptors (Lipinski definition) is 3. The number of carbonyl (C=O) groups excluding carboxylic acids is 1. The molecule has 0 radical (unpaired) electrons. The van der Waals surface area contributed by atoms with Crippen LogP contribution in [0.1, 0.15) is 26.5 Å². The third-order valence-electron chi connectivity index (χ3n) is 3.12. The highest BCUT2D eigenvalue weighted by atomic mass is 127. The van der Waals surface area contributed by atoms with Crippen molar-refractivity contribution < 1.29 is 9.21 Å². The number of hydrogen-bond donors (Lipinski definition) is 3. The van der Waals surface area contributed by atoms with E-state index in [2.05, 4.69) is 20.9 Å². The average molecular weight is 422 g/mol. The van der Waals surface area contributed by atoms with E-state index < -0.39 is 5.41 Å². The number of guanidine groups is 1. The maximum atomic E-state index is 11.9. The molecule has 1 aromatic rings. The van der Waals surface area contributed by atoms with E-state index in [1.165, 1.54) is 0 Å². The summed E-state index contributed by atoms with van der Waals surface area (Å²) in [6.07, 6.45) is 2.45. The number of nitrogens with one attached hydrogen (secondary N) is 3. The molecule has 22 heavy (non-hydrogen) atoms. The van der Waals surface area contributed by atoms with Crippen molar-refractivity contribution in [3.63, 3.8) is 0 Å². The third kappa shape index (κ3) is 7.15. The van der Waals surface area contributed by atoms with Gasteiger partial charge in [0.25, 0.3) is 0 Å². The molecule has 1 heterocycles. The van der Waals surface area contributed by atoms with E-state index in [0.717, 1.165) is 18.7 Å². The van der Waals surface area contributed by atoms with Crippen molar-refractivity contribution in [1.29, 1.82) is 0 Å². The van der Waals surface area contributed by atoms with Crippen LogP contribution in [0.3, 0.4) is 0 Å². The smallest absolute Gasteiger partial charge is 0.227 e. The zero-order valence-electron chi connectivity index (χ0n) is 13.7. The van der Waals surface area contributed by atoms with Gasteiger partial charge in [0.2, 0.25) is 5.91 Å². The van der Waals surface area contributed by atoms with Gasteiger partial charge >= 0.3 is 0 Å². The van der Waals surface area contributed by atoms with E-state index in [1.807, 2.05) is 32.9 Å². The zero-order chi connectivity index (χ0) is 15.7. The van der Waals surface area contributed by atoms with Crippen molar-refractivity contribution in [3.05, 3.63) is 24.2 Å². The molecule has 0 aliphatic rings. The molecule has 7 heteroatoms. The van der Waals surface area contributed by atoms with Gasteiger partial charge in [0.05, 0.1) is 11.7 Å². The second-order valence-electron chi connectivity index (χ2n) is 5.43. The lowest BCUT2D eigenvalue weighted by atomic mass is 9.92. The minimum absolute atomic E-state index is 0. The maximum absolute atomic E-state index is 11.9. The lowest BCUT2D eigenvalue weighted by Crippen LogP contribution is -2.48. The van der Waals surface area contributed by atoms with Crippen LogP contribution >= 0.6 is 24.0 Å². The van der Waals surface area contributed by atoms with Gasteiger partial charge < -0.3 is 20.4 Å². The fourth-order valence-corrected chi connectivity index (χ4v) is 1.76. The van der Waals surface area contributed by atoms with Crippen molar-refractivity contribution in [2.45, 2.75) is 27.2 Å². The molecule has 0 aliphatic carbocycles. The number of rotatable bonds is 7. The summed E-state index contributed by atoms with van der Waals surface area (Å²) in [6, 6.07) is 3.81. The molecule has 0 saturated carbocycles. The standard InChI is InChI=1S/C15H26N4O2.HI/c1-5-17-13(20)15(2,3)11-19-14(16-4)18-9-8-12-7-6-10-21-12;/h6-7,10H,5,8-9,11H2,1-4H3,(H,17,20)(H2,16,18,19);1H. The summed E-state index contributed by atoms with van der Waals surface area (Å²) in [6.45, 7) is 7.59. The third-order valence-corrected chi connectivity index (χ3v) is 3.12. The van der Waals surface area contributed by atoms with Crippen molar-refractivity contribution in [1.82, 2.24) is 16.0 Å². The Kier molecular flexibility index (Phi) is 9.88. The summed E-state index contributed by atoms with van der Waals surface area (Å²) in [5, 5.41) is 9.21. The van der Waals surface area contributed by atoms with Gasteiger partial charge in [-0.15, -0.1) is 24.0 Å². The Bertz CT molecular complexity index is 458. The highest BCUT2D eigenvalue weighted by Crippen LogP contribution is 2.13. The molecule has 0 spiro atoms. The second-order valence-corrected chi connectivity index (χ2v) is 5.43. The van der Waals surface area contributed by atoms with Crippen LogP contribution in [0.15, 0.2) is 27.8 Å². The van der Waals surface area contributed by atoms with Crippen LogP contribution in [0.4, 0.5) is 0 Å². The van der Waals surface area contributed by atoms with Gasteiger partial charge in [-0.25, -0.2) is 0 Å². The lowest BCUT2D eigenvalue weighted by molar-refractivity contribution is -0.128.